The fourth-order valence-electron chi connectivity index (χ4n) is 1.65. The van der Waals surface area contributed by atoms with Crippen LogP contribution in [-0.2, 0) is 4.74 Å². The molecule has 1 aromatic heterocycles. The summed E-state index contributed by atoms with van der Waals surface area (Å²) in [4.78, 5) is 11.7. The number of aryl methyl sites for hydroxylation is 2. The van der Waals surface area contributed by atoms with Crippen molar-refractivity contribution in [3.8, 4) is 11.3 Å². The average molecular weight is 310 g/mol. The van der Waals surface area contributed by atoms with Crippen molar-refractivity contribution in [2.75, 3.05) is 7.11 Å². The standard InChI is InChI=1S/C13H12BrNO3/c1-7-4-5-9(6-10(7)14)12-11(13(16)17-3)8(2)18-15-12/h4-6H,1-3H3. The van der Waals surface area contributed by atoms with Crippen molar-refractivity contribution in [3.63, 3.8) is 0 Å². The van der Waals surface area contributed by atoms with Gasteiger partial charge in [-0.1, -0.05) is 33.2 Å². The van der Waals surface area contributed by atoms with Crippen molar-refractivity contribution in [2.45, 2.75) is 13.8 Å². The summed E-state index contributed by atoms with van der Waals surface area (Å²) in [5.74, 6) is 0.00833. The molecular formula is C13H12BrNO3. The predicted octanol–water partition coefficient (Wildman–Crippen LogP) is 3.51. The van der Waals surface area contributed by atoms with Crippen LogP contribution in [0, 0.1) is 13.8 Å². The lowest BCUT2D eigenvalue weighted by atomic mass is 10.1. The highest BCUT2D eigenvalue weighted by atomic mass is 79.9. The second kappa shape index (κ2) is 4.94. The molecule has 0 spiro atoms. The monoisotopic (exact) mass is 309 g/mol. The van der Waals surface area contributed by atoms with Crippen LogP contribution in [0.1, 0.15) is 21.7 Å². The molecule has 0 bridgehead atoms. The molecule has 0 saturated carbocycles. The molecule has 0 amide bonds. The van der Waals surface area contributed by atoms with Crippen LogP contribution in [0.3, 0.4) is 0 Å². The van der Waals surface area contributed by atoms with E-state index >= 15 is 0 Å². The smallest absolute Gasteiger partial charge is 0.343 e. The number of esters is 1. The van der Waals surface area contributed by atoms with Crippen molar-refractivity contribution in [1.29, 1.82) is 0 Å². The first-order chi connectivity index (χ1) is 8.54. The fourth-order valence-corrected chi connectivity index (χ4v) is 2.03. The highest BCUT2D eigenvalue weighted by Gasteiger charge is 2.22. The Kier molecular flexibility index (Phi) is 3.52. The van der Waals surface area contributed by atoms with E-state index < -0.39 is 5.97 Å². The molecule has 0 unspecified atom stereocenters. The van der Waals surface area contributed by atoms with Crippen molar-refractivity contribution in [2.24, 2.45) is 0 Å². The maximum atomic E-state index is 11.7. The number of carbonyl (C=O) groups excluding carboxylic acids is 1. The molecule has 94 valence electrons. The summed E-state index contributed by atoms with van der Waals surface area (Å²) < 4.78 is 10.8. The Hall–Kier alpha value is -1.62. The van der Waals surface area contributed by atoms with Gasteiger partial charge in [-0.3, -0.25) is 0 Å². The van der Waals surface area contributed by atoms with E-state index in [1.54, 1.807) is 6.92 Å². The first-order valence-corrected chi connectivity index (χ1v) is 6.15. The summed E-state index contributed by atoms with van der Waals surface area (Å²) >= 11 is 3.45. The molecule has 0 saturated heterocycles. The number of rotatable bonds is 2. The van der Waals surface area contributed by atoms with Crippen LogP contribution >= 0.6 is 15.9 Å². The third-order valence-corrected chi connectivity index (χ3v) is 3.55. The number of benzene rings is 1. The molecule has 0 atom stereocenters. The normalized spacial score (nSPS) is 10.4. The van der Waals surface area contributed by atoms with Gasteiger partial charge in [0.2, 0.25) is 0 Å². The minimum absolute atomic E-state index is 0.369. The highest BCUT2D eigenvalue weighted by Crippen LogP contribution is 2.29. The van der Waals surface area contributed by atoms with E-state index in [2.05, 4.69) is 21.1 Å². The number of hydrogen-bond acceptors (Lipinski definition) is 4. The Bertz CT molecular complexity index is 604. The van der Waals surface area contributed by atoms with Gasteiger partial charge >= 0.3 is 5.97 Å². The molecule has 18 heavy (non-hydrogen) atoms. The van der Waals surface area contributed by atoms with E-state index in [0.29, 0.717) is 17.0 Å². The molecule has 1 aromatic carbocycles. The molecule has 2 aromatic rings. The molecule has 1 heterocycles. The lowest BCUT2D eigenvalue weighted by Crippen LogP contribution is -2.03. The van der Waals surface area contributed by atoms with Gasteiger partial charge in [0.15, 0.2) is 0 Å². The van der Waals surface area contributed by atoms with Crippen LogP contribution in [0.5, 0.6) is 0 Å². The van der Waals surface area contributed by atoms with Crippen LogP contribution in [-0.4, -0.2) is 18.2 Å². The maximum absolute atomic E-state index is 11.7. The summed E-state index contributed by atoms with van der Waals surface area (Å²) in [5, 5.41) is 3.93. The summed E-state index contributed by atoms with van der Waals surface area (Å²) in [6.07, 6.45) is 0. The lowest BCUT2D eigenvalue weighted by molar-refractivity contribution is 0.0599. The zero-order chi connectivity index (χ0) is 13.3. The Morgan fingerprint density at radius 2 is 2.11 bits per heavy atom. The van der Waals surface area contributed by atoms with Crippen LogP contribution in [0.15, 0.2) is 27.2 Å². The van der Waals surface area contributed by atoms with E-state index in [1.165, 1.54) is 7.11 Å². The second-order valence-corrected chi connectivity index (χ2v) is 4.77. The van der Waals surface area contributed by atoms with Gasteiger partial charge in [-0.15, -0.1) is 0 Å². The van der Waals surface area contributed by atoms with Gasteiger partial charge in [-0.25, -0.2) is 4.79 Å². The van der Waals surface area contributed by atoms with Crippen molar-refractivity contribution in [3.05, 3.63) is 39.6 Å². The van der Waals surface area contributed by atoms with Crippen molar-refractivity contribution in [1.82, 2.24) is 5.16 Å². The molecule has 2 rings (SSSR count). The summed E-state index contributed by atoms with van der Waals surface area (Å²) in [5.41, 5.74) is 2.79. The average Bonchev–Trinajstić information content (AvgIpc) is 2.74. The number of hydrogen-bond donors (Lipinski definition) is 0. The van der Waals surface area contributed by atoms with Gasteiger partial charge in [0.1, 0.15) is 17.0 Å². The third kappa shape index (κ3) is 2.18. The van der Waals surface area contributed by atoms with Gasteiger partial charge in [0.25, 0.3) is 0 Å². The quantitative estimate of drug-likeness (QED) is 0.797. The van der Waals surface area contributed by atoms with Gasteiger partial charge < -0.3 is 9.26 Å². The van der Waals surface area contributed by atoms with Gasteiger partial charge in [0.05, 0.1) is 7.11 Å². The minimum atomic E-state index is -0.444. The fraction of sp³-hybridized carbons (Fsp3) is 0.231. The SMILES string of the molecule is COC(=O)c1c(-c2ccc(C)c(Br)c2)noc1C. The van der Waals surface area contributed by atoms with E-state index in [-0.39, 0.29) is 0 Å². The molecule has 0 aliphatic rings. The van der Waals surface area contributed by atoms with Crippen LogP contribution in [0.4, 0.5) is 0 Å². The molecule has 5 heteroatoms. The third-order valence-electron chi connectivity index (χ3n) is 2.70. The number of carbonyl (C=O) groups is 1. The minimum Gasteiger partial charge on any atom is -0.465 e. The lowest BCUT2D eigenvalue weighted by Gasteiger charge is -2.03. The summed E-state index contributed by atoms with van der Waals surface area (Å²) in [6.45, 7) is 3.68. The Balaban J connectivity index is 2.57. The predicted molar refractivity (Wildman–Crippen MR) is 70.5 cm³/mol. The van der Waals surface area contributed by atoms with E-state index in [0.717, 1.165) is 15.6 Å². The highest BCUT2D eigenvalue weighted by molar-refractivity contribution is 9.10. The van der Waals surface area contributed by atoms with E-state index in [4.69, 9.17) is 9.26 Å². The summed E-state index contributed by atoms with van der Waals surface area (Å²) in [7, 11) is 1.34. The maximum Gasteiger partial charge on any atom is 0.343 e. The largest absolute Gasteiger partial charge is 0.465 e. The number of methoxy groups -OCH3 is 1. The first-order valence-electron chi connectivity index (χ1n) is 5.35. The second-order valence-electron chi connectivity index (χ2n) is 3.92. The van der Waals surface area contributed by atoms with Crippen molar-refractivity contribution < 1.29 is 14.1 Å². The number of nitrogens with zero attached hydrogens (tertiary/aromatic N) is 1. The number of aromatic nitrogens is 1. The van der Waals surface area contributed by atoms with Crippen LogP contribution in [0.2, 0.25) is 0 Å². The van der Waals surface area contributed by atoms with Gasteiger partial charge in [-0.05, 0) is 25.5 Å². The van der Waals surface area contributed by atoms with E-state index in [1.807, 2.05) is 25.1 Å². The van der Waals surface area contributed by atoms with Crippen LogP contribution in [0.25, 0.3) is 11.3 Å². The Morgan fingerprint density at radius 1 is 1.39 bits per heavy atom. The van der Waals surface area contributed by atoms with Crippen LogP contribution < -0.4 is 0 Å². The first kappa shape index (κ1) is 12.8. The molecule has 0 radical (unpaired) electrons. The molecule has 0 N–H and O–H groups in total. The molecule has 0 aliphatic carbocycles. The zero-order valence-electron chi connectivity index (χ0n) is 10.3. The number of ether oxygens (including phenoxy) is 1. The zero-order valence-corrected chi connectivity index (χ0v) is 11.9. The van der Waals surface area contributed by atoms with Crippen molar-refractivity contribution >= 4 is 21.9 Å². The topological polar surface area (TPSA) is 52.3 Å². The molecule has 4 nitrogen and oxygen atoms in total. The Labute approximate surface area is 113 Å². The Morgan fingerprint density at radius 3 is 2.72 bits per heavy atom. The summed E-state index contributed by atoms with van der Waals surface area (Å²) in [6, 6.07) is 5.74. The molecular weight excluding hydrogens is 298 g/mol. The van der Waals surface area contributed by atoms with Gasteiger partial charge in [0, 0.05) is 10.0 Å². The van der Waals surface area contributed by atoms with Gasteiger partial charge in [-0.2, -0.15) is 0 Å². The molecule has 0 fully saturated rings. The number of halogens is 1. The molecule has 0 aliphatic heterocycles. The van der Waals surface area contributed by atoms with E-state index in [9.17, 15) is 4.79 Å².